The number of carbonyl (C=O) groups is 1. The van der Waals surface area contributed by atoms with Crippen LogP contribution >= 0.6 is 0 Å². The first-order chi connectivity index (χ1) is 8.20. The van der Waals surface area contributed by atoms with E-state index in [4.69, 9.17) is 11.2 Å². The van der Waals surface area contributed by atoms with Crippen LogP contribution in [0.1, 0.15) is 15.9 Å². The fourth-order valence-electron chi connectivity index (χ4n) is 1.75. The summed E-state index contributed by atoms with van der Waals surface area (Å²) in [6.45, 7) is 2.09. The Kier molecular flexibility index (Phi) is 3.40. The second-order valence-corrected chi connectivity index (χ2v) is 3.78. The summed E-state index contributed by atoms with van der Waals surface area (Å²) in [5, 5.41) is 0. The van der Waals surface area contributed by atoms with E-state index in [1.165, 1.54) is 18.2 Å². The van der Waals surface area contributed by atoms with Crippen LogP contribution in [0.25, 0.3) is 0 Å². The van der Waals surface area contributed by atoms with Crippen molar-refractivity contribution in [3.05, 3.63) is 35.1 Å². The summed E-state index contributed by atoms with van der Waals surface area (Å²) in [5.41, 5.74) is 0.668. The average molecular weight is 233 g/mol. The zero-order valence-corrected chi connectivity index (χ0v) is 9.28. The van der Waals surface area contributed by atoms with Crippen LogP contribution in [-0.4, -0.2) is 37.1 Å². The molecular formula is C13H12FNO2. The molecule has 1 saturated heterocycles. The van der Waals surface area contributed by atoms with E-state index in [1.54, 1.807) is 4.90 Å². The number of benzene rings is 1. The molecule has 0 bridgehead atoms. The molecule has 1 fully saturated rings. The van der Waals surface area contributed by atoms with Gasteiger partial charge < -0.3 is 9.64 Å². The molecule has 1 aliphatic rings. The van der Waals surface area contributed by atoms with Crippen LogP contribution in [-0.2, 0) is 4.74 Å². The van der Waals surface area contributed by atoms with Gasteiger partial charge in [0.2, 0.25) is 0 Å². The summed E-state index contributed by atoms with van der Waals surface area (Å²) in [7, 11) is 0. The number of carbonyl (C=O) groups excluding carboxylic acids is 1. The molecule has 1 amide bonds. The molecule has 3 nitrogen and oxygen atoms in total. The molecule has 0 saturated carbocycles. The van der Waals surface area contributed by atoms with Crippen molar-refractivity contribution in [2.75, 3.05) is 26.3 Å². The highest BCUT2D eigenvalue weighted by molar-refractivity contribution is 5.94. The average Bonchev–Trinajstić information content (AvgIpc) is 2.38. The largest absolute Gasteiger partial charge is 0.378 e. The number of rotatable bonds is 1. The predicted octanol–water partition coefficient (Wildman–Crippen LogP) is 1.28. The van der Waals surface area contributed by atoms with Crippen molar-refractivity contribution in [3.63, 3.8) is 0 Å². The maximum Gasteiger partial charge on any atom is 0.254 e. The predicted molar refractivity (Wildman–Crippen MR) is 61.1 cm³/mol. The second-order valence-electron chi connectivity index (χ2n) is 3.78. The van der Waals surface area contributed by atoms with E-state index in [1.807, 2.05) is 0 Å². The Morgan fingerprint density at radius 2 is 2.06 bits per heavy atom. The Balaban J connectivity index is 2.24. The standard InChI is InChI=1S/C13H12FNO2/c1-2-10-7-11(9-12(14)8-10)13(16)15-3-5-17-6-4-15/h1,7-9H,3-6H2. The van der Waals surface area contributed by atoms with Crippen LogP contribution in [0.4, 0.5) is 4.39 Å². The van der Waals surface area contributed by atoms with E-state index in [0.29, 0.717) is 37.4 Å². The van der Waals surface area contributed by atoms with Gasteiger partial charge in [-0.3, -0.25) is 4.79 Å². The molecule has 0 radical (unpaired) electrons. The van der Waals surface area contributed by atoms with Crippen LogP contribution < -0.4 is 0 Å². The highest BCUT2D eigenvalue weighted by atomic mass is 19.1. The van der Waals surface area contributed by atoms with Gasteiger partial charge >= 0.3 is 0 Å². The molecule has 0 aliphatic carbocycles. The minimum Gasteiger partial charge on any atom is -0.378 e. The third-order valence-electron chi connectivity index (χ3n) is 2.61. The lowest BCUT2D eigenvalue weighted by molar-refractivity contribution is 0.0302. The Bertz CT molecular complexity index is 473. The maximum atomic E-state index is 13.3. The molecule has 1 aromatic rings. The quantitative estimate of drug-likeness (QED) is 0.684. The number of nitrogens with zero attached hydrogens (tertiary/aromatic N) is 1. The van der Waals surface area contributed by atoms with E-state index in [-0.39, 0.29) is 5.91 Å². The van der Waals surface area contributed by atoms with Gasteiger partial charge in [0, 0.05) is 24.2 Å². The number of hydrogen-bond donors (Lipinski definition) is 0. The van der Waals surface area contributed by atoms with Gasteiger partial charge in [0.15, 0.2) is 0 Å². The Morgan fingerprint density at radius 1 is 1.35 bits per heavy atom. The first-order valence-electron chi connectivity index (χ1n) is 5.35. The smallest absolute Gasteiger partial charge is 0.254 e. The second kappa shape index (κ2) is 4.98. The lowest BCUT2D eigenvalue weighted by Crippen LogP contribution is -2.40. The summed E-state index contributed by atoms with van der Waals surface area (Å²) >= 11 is 0. The van der Waals surface area contributed by atoms with Crippen LogP contribution in [0.5, 0.6) is 0 Å². The van der Waals surface area contributed by atoms with E-state index in [2.05, 4.69) is 5.92 Å². The van der Waals surface area contributed by atoms with Crippen molar-refractivity contribution in [3.8, 4) is 12.3 Å². The van der Waals surface area contributed by atoms with Gasteiger partial charge in [-0.1, -0.05) is 5.92 Å². The Labute approximate surface area is 99.2 Å². The number of terminal acetylenes is 1. The summed E-state index contributed by atoms with van der Waals surface area (Å²) in [5.74, 6) is 1.64. The number of morpholine rings is 1. The molecule has 4 heteroatoms. The van der Waals surface area contributed by atoms with E-state index >= 15 is 0 Å². The molecule has 0 unspecified atom stereocenters. The van der Waals surface area contributed by atoms with Crippen LogP contribution in [0.2, 0.25) is 0 Å². The minimum atomic E-state index is -0.489. The third-order valence-corrected chi connectivity index (χ3v) is 2.61. The summed E-state index contributed by atoms with van der Waals surface area (Å²) in [4.78, 5) is 13.7. The molecular weight excluding hydrogens is 221 g/mol. The van der Waals surface area contributed by atoms with E-state index < -0.39 is 5.82 Å². The molecule has 0 N–H and O–H groups in total. The highest BCUT2D eigenvalue weighted by Gasteiger charge is 2.19. The summed E-state index contributed by atoms with van der Waals surface area (Å²) in [6.07, 6.45) is 5.20. The summed E-state index contributed by atoms with van der Waals surface area (Å²) in [6, 6.07) is 3.97. The first-order valence-corrected chi connectivity index (χ1v) is 5.35. The molecule has 88 valence electrons. The zero-order chi connectivity index (χ0) is 12.3. The molecule has 17 heavy (non-hydrogen) atoms. The number of halogens is 1. The van der Waals surface area contributed by atoms with E-state index in [9.17, 15) is 9.18 Å². The van der Waals surface area contributed by atoms with Crippen molar-refractivity contribution in [2.24, 2.45) is 0 Å². The Morgan fingerprint density at radius 3 is 2.71 bits per heavy atom. The summed E-state index contributed by atoms with van der Waals surface area (Å²) < 4.78 is 18.4. The van der Waals surface area contributed by atoms with Crippen LogP contribution in [0, 0.1) is 18.2 Å². The molecule has 0 atom stereocenters. The van der Waals surface area contributed by atoms with Crippen LogP contribution in [0.15, 0.2) is 18.2 Å². The normalized spacial score (nSPS) is 15.4. The van der Waals surface area contributed by atoms with Gasteiger partial charge in [0.25, 0.3) is 5.91 Å². The highest BCUT2D eigenvalue weighted by Crippen LogP contribution is 2.12. The van der Waals surface area contributed by atoms with Crippen molar-refractivity contribution in [1.82, 2.24) is 4.90 Å². The van der Waals surface area contributed by atoms with Gasteiger partial charge in [0.05, 0.1) is 13.2 Å². The number of amides is 1. The fourth-order valence-corrected chi connectivity index (χ4v) is 1.75. The topological polar surface area (TPSA) is 29.5 Å². The molecule has 0 spiro atoms. The monoisotopic (exact) mass is 233 g/mol. The van der Waals surface area contributed by atoms with Crippen molar-refractivity contribution in [1.29, 1.82) is 0 Å². The first kappa shape index (κ1) is 11.6. The maximum absolute atomic E-state index is 13.3. The molecule has 1 heterocycles. The Hall–Kier alpha value is -1.86. The van der Waals surface area contributed by atoms with E-state index in [0.717, 1.165) is 0 Å². The molecule has 2 rings (SSSR count). The fraction of sp³-hybridized carbons (Fsp3) is 0.308. The molecule has 0 aromatic heterocycles. The zero-order valence-electron chi connectivity index (χ0n) is 9.28. The lowest BCUT2D eigenvalue weighted by Gasteiger charge is -2.26. The molecule has 1 aliphatic heterocycles. The van der Waals surface area contributed by atoms with Gasteiger partial charge in [-0.2, -0.15) is 0 Å². The molecule has 1 aromatic carbocycles. The number of ether oxygens (including phenoxy) is 1. The minimum absolute atomic E-state index is 0.204. The lowest BCUT2D eigenvalue weighted by atomic mass is 10.1. The van der Waals surface area contributed by atoms with Crippen molar-refractivity contribution in [2.45, 2.75) is 0 Å². The third kappa shape index (κ3) is 2.63. The van der Waals surface area contributed by atoms with Gasteiger partial charge in [-0.25, -0.2) is 4.39 Å². The van der Waals surface area contributed by atoms with Crippen LogP contribution in [0.3, 0.4) is 0 Å². The number of hydrogen-bond acceptors (Lipinski definition) is 2. The van der Waals surface area contributed by atoms with Crippen molar-refractivity contribution < 1.29 is 13.9 Å². The van der Waals surface area contributed by atoms with Gasteiger partial charge in [-0.15, -0.1) is 6.42 Å². The van der Waals surface area contributed by atoms with Crippen molar-refractivity contribution >= 4 is 5.91 Å². The SMILES string of the molecule is C#Cc1cc(F)cc(C(=O)N2CCOCC2)c1. The van der Waals surface area contributed by atoms with Gasteiger partial charge in [0.1, 0.15) is 5.82 Å². The van der Waals surface area contributed by atoms with Gasteiger partial charge in [-0.05, 0) is 18.2 Å².